The Labute approximate surface area is 195 Å². The molecule has 0 aliphatic heterocycles. The molecule has 8 nitrogen and oxygen atoms in total. The van der Waals surface area contributed by atoms with E-state index in [-0.39, 0.29) is 0 Å². The lowest BCUT2D eigenvalue weighted by Crippen LogP contribution is -2.34. The zero-order valence-corrected chi connectivity index (χ0v) is 20.1. The van der Waals surface area contributed by atoms with Gasteiger partial charge in [-0.15, -0.1) is 0 Å². The normalized spacial score (nSPS) is 11.8. The Hall–Kier alpha value is -2.97. The number of hydrogen-bond acceptors (Lipinski definition) is 6. The number of aryl methyl sites for hydroxylation is 1. The molecule has 4 aromatic heterocycles. The van der Waals surface area contributed by atoms with Crippen LogP contribution < -0.4 is 10.2 Å². The summed E-state index contributed by atoms with van der Waals surface area (Å²) in [4.78, 5) is 15.3. The summed E-state index contributed by atoms with van der Waals surface area (Å²) in [6.45, 7) is 10.5. The molecule has 0 saturated heterocycles. The average Bonchev–Trinajstić information content (AvgIpc) is 3.41. The molecule has 0 spiro atoms. The highest BCUT2D eigenvalue weighted by molar-refractivity contribution is 5.97. The van der Waals surface area contributed by atoms with Gasteiger partial charge in [-0.3, -0.25) is 10.00 Å². The molecule has 0 saturated carbocycles. The van der Waals surface area contributed by atoms with Gasteiger partial charge in [-0.25, -0.2) is 9.97 Å². The molecule has 0 fully saturated rings. The van der Waals surface area contributed by atoms with Crippen molar-refractivity contribution in [2.75, 3.05) is 37.9 Å². The Bertz CT molecular complexity index is 1180. The maximum Gasteiger partial charge on any atom is 0.140 e. The SMILES string of the molecule is CCOCNCCN(CCCC(C)C)c1nc(-c2c[nH]c3ncccc23)cc2c1cnn2C. The first-order valence-corrected chi connectivity index (χ1v) is 11.9. The van der Waals surface area contributed by atoms with Crippen LogP contribution in [0.15, 0.2) is 36.8 Å². The summed E-state index contributed by atoms with van der Waals surface area (Å²) < 4.78 is 7.38. The zero-order valence-electron chi connectivity index (χ0n) is 20.1. The summed E-state index contributed by atoms with van der Waals surface area (Å²) in [6, 6.07) is 6.17. The van der Waals surface area contributed by atoms with Crippen molar-refractivity contribution in [1.29, 1.82) is 0 Å². The Balaban J connectivity index is 1.71. The van der Waals surface area contributed by atoms with Crippen LogP contribution in [0.2, 0.25) is 0 Å². The fourth-order valence-corrected chi connectivity index (χ4v) is 4.15. The Morgan fingerprint density at radius 1 is 1.24 bits per heavy atom. The summed E-state index contributed by atoms with van der Waals surface area (Å²) in [5.74, 6) is 1.66. The number of rotatable bonds is 12. The Morgan fingerprint density at radius 3 is 2.94 bits per heavy atom. The molecule has 0 bridgehead atoms. The number of hydrogen-bond donors (Lipinski definition) is 2. The van der Waals surface area contributed by atoms with E-state index in [1.54, 1.807) is 6.20 Å². The highest BCUT2D eigenvalue weighted by atomic mass is 16.5. The van der Waals surface area contributed by atoms with Crippen molar-refractivity contribution in [3.8, 4) is 11.3 Å². The Morgan fingerprint density at radius 2 is 2.12 bits per heavy atom. The molecule has 0 aromatic carbocycles. The maximum absolute atomic E-state index is 5.45. The predicted molar refractivity (Wildman–Crippen MR) is 134 cm³/mol. The molecular formula is C25H35N7O. The summed E-state index contributed by atoms with van der Waals surface area (Å²) >= 11 is 0. The molecule has 4 heterocycles. The monoisotopic (exact) mass is 449 g/mol. The Kier molecular flexibility index (Phi) is 7.57. The van der Waals surface area contributed by atoms with Crippen molar-refractivity contribution in [3.63, 3.8) is 0 Å². The molecule has 0 aliphatic carbocycles. The van der Waals surface area contributed by atoms with Gasteiger partial charge in [0.15, 0.2) is 0 Å². The first-order chi connectivity index (χ1) is 16.1. The third-order valence-electron chi connectivity index (χ3n) is 5.93. The first kappa shape index (κ1) is 23.2. The van der Waals surface area contributed by atoms with Crippen LogP contribution in [0.3, 0.4) is 0 Å². The molecule has 33 heavy (non-hydrogen) atoms. The van der Waals surface area contributed by atoms with Gasteiger partial charge in [0.25, 0.3) is 0 Å². The van der Waals surface area contributed by atoms with Gasteiger partial charge >= 0.3 is 0 Å². The number of aromatic amines is 1. The van der Waals surface area contributed by atoms with Crippen LogP contribution in [0.1, 0.15) is 33.6 Å². The fraction of sp³-hybridized carbons (Fsp3) is 0.480. The van der Waals surface area contributed by atoms with E-state index < -0.39 is 0 Å². The molecular weight excluding hydrogens is 414 g/mol. The lowest BCUT2D eigenvalue weighted by Gasteiger charge is -2.25. The first-order valence-electron chi connectivity index (χ1n) is 11.9. The smallest absolute Gasteiger partial charge is 0.140 e. The van der Waals surface area contributed by atoms with Crippen molar-refractivity contribution in [2.45, 2.75) is 33.6 Å². The largest absolute Gasteiger partial charge is 0.367 e. The van der Waals surface area contributed by atoms with Gasteiger partial charge in [0.2, 0.25) is 0 Å². The van der Waals surface area contributed by atoms with Crippen LogP contribution in [0.25, 0.3) is 33.2 Å². The van der Waals surface area contributed by atoms with Crippen LogP contribution in [-0.4, -0.2) is 57.7 Å². The van der Waals surface area contributed by atoms with Crippen LogP contribution in [-0.2, 0) is 11.8 Å². The van der Waals surface area contributed by atoms with Gasteiger partial charge in [-0.2, -0.15) is 5.10 Å². The van der Waals surface area contributed by atoms with Crippen molar-refractivity contribution in [2.24, 2.45) is 13.0 Å². The topological polar surface area (TPSA) is 83.9 Å². The maximum atomic E-state index is 5.45. The summed E-state index contributed by atoms with van der Waals surface area (Å²) in [5, 5.41) is 10.1. The average molecular weight is 450 g/mol. The highest BCUT2D eigenvalue weighted by Gasteiger charge is 2.18. The number of nitrogens with zero attached hydrogens (tertiary/aromatic N) is 5. The number of ether oxygens (including phenoxy) is 1. The van der Waals surface area contributed by atoms with Gasteiger partial charge in [-0.1, -0.05) is 13.8 Å². The molecule has 8 heteroatoms. The summed E-state index contributed by atoms with van der Waals surface area (Å²) in [6.07, 6.45) is 8.04. The second kappa shape index (κ2) is 10.8. The third-order valence-corrected chi connectivity index (χ3v) is 5.93. The molecule has 176 valence electrons. The van der Waals surface area contributed by atoms with E-state index in [1.807, 2.05) is 37.1 Å². The minimum Gasteiger partial charge on any atom is -0.367 e. The van der Waals surface area contributed by atoms with Crippen LogP contribution in [0, 0.1) is 5.92 Å². The number of nitrogens with one attached hydrogen (secondary N) is 2. The van der Waals surface area contributed by atoms with Crippen LogP contribution in [0.5, 0.6) is 0 Å². The number of aromatic nitrogens is 5. The third kappa shape index (κ3) is 5.34. The van der Waals surface area contributed by atoms with Crippen molar-refractivity contribution in [3.05, 3.63) is 36.8 Å². The lowest BCUT2D eigenvalue weighted by atomic mass is 10.1. The quantitative estimate of drug-likeness (QED) is 0.247. The second-order valence-corrected chi connectivity index (χ2v) is 8.79. The number of fused-ring (bicyclic) bond motifs is 2. The molecule has 0 unspecified atom stereocenters. The van der Waals surface area contributed by atoms with Gasteiger partial charge in [-0.05, 0) is 43.9 Å². The summed E-state index contributed by atoms with van der Waals surface area (Å²) in [7, 11) is 1.99. The molecule has 4 rings (SSSR count). The molecule has 0 radical (unpaired) electrons. The van der Waals surface area contributed by atoms with E-state index in [9.17, 15) is 0 Å². The molecule has 2 N–H and O–H groups in total. The molecule has 4 aromatic rings. The molecule has 0 aliphatic rings. The lowest BCUT2D eigenvalue weighted by molar-refractivity contribution is 0.129. The standard InChI is InChI=1S/C25H35N7O/c1-5-33-17-26-11-13-32(12-7-8-18(2)3)25-21-16-29-31(4)23(21)14-22(30-25)20-15-28-24-19(20)9-6-10-27-24/h6,9-10,14-16,18,26H,5,7-8,11-13,17H2,1-4H3,(H,27,28). The van der Waals surface area contributed by atoms with E-state index in [1.165, 1.54) is 6.42 Å². The highest BCUT2D eigenvalue weighted by Crippen LogP contribution is 2.33. The minimum atomic E-state index is 0.564. The number of pyridine rings is 2. The predicted octanol–water partition coefficient (Wildman–Crippen LogP) is 4.34. The van der Waals surface area contributed by atoms with Gasteiger partial charge < -0.3 is 14.6 Å². The zero-order chi connectivity index (χ0) is 23.2. The second-order valence-electron chi connectivity index (χ2n) is 8.79. The van der Waals surface area contributed by atoms with E-state index in [0.29, 0.717) is 19.3 Å². The molecule has 0 atom stereocenters. The van der Waals surface area contributed by atoms with Crippen molar-refractivity contribution in [1.82, 2.24) is 30.0 Å². The van der Waals surface area contributed by atoms with Crippen molar-refractivity contribution >= 4 is 27.8 Å². The number of H-pyrrole nitrogens is 1. The minimum absolute atomic E-state index is 0.564. The van der Waals surface area contributed by atoms with E-state index >= 15 is 0 Å². The van der Waals surface area contributed by atoms with E-state index in [2.05, 4.69) is 51.3 Å². The van der Waals surface area contributed by atoms with Gasteiger partial charge in [0.1, 0.15) is 11.5 Å². The summed E-state index contributed by atoms with van der Waals surface area (Å²) in [5.41, 5.74) is 3.93. The van der Waals surface area contributed by atoms with Gasteiger partial charge in [0, 0.05) is 56.6 Å². The van der Waals surface area contributed by atoms with Crippen LogP contribution >= 0.6 is 0 Å². The van der Waals surface area contributed by atoms with Gasteiger partial charge in [0.05, 0.1) is 29.5 Å². The van der Waals surface area contributed by atoms with Crippen LogP contribution in [0.4, 0.5) is 5.82 Å². The number of anilines is 1. The molecule has 0 amide bonds. The fourth-order valence-electron chi connectivity index (χ4n) is 4.15. The van der Waals surface area contributed by atoms with Crippen molar-refractivity contribution < 1.29 is 4.74 Å². The van der Waals surface area contributed by atoms with E-state index in [0.717, 1.165) is 65.1 Å². The van der Waals surface area contributed by atoms with E-state index in [4.69, 9.17) is 9.72 Å².